The van der Waals surface area contributed by atoms with Crippen LogP contribution in [-0.2, 0) is 4.74 Å². The lowest BCUT2D eigenvalue weighted by atomic mass is 10.1. The maximum Gasteiger partial charge on any atom is 0.144 e. The van der Waals surface area contributed by atoms with Gasteiger partial charge in [0.05, 0.1) is 24.5 Å². The summed E-state index contributed by atoms with van der Waals surface area (Å²) in [6, 6.07) is 7.01. The van der Waals surface area contributed by atoms with E-state index in [1.165, 1.54) is 0 Å². The number of aromatic nitrogens is 2. The third-order valence-corrected chi connectivity index (χ3v) is 5.27. The highest BCUT2D eigenvalue weighted by Gasteiger charge is 2.26. The van der Waals surface area contributed by atoms with Crippen molar-refractivity contribution in [2.75, 3.05) is 36.5 Å². The van der Waals surface area contributed by atoms with Gasteiger partial charge in [0.15, 0.2) is 0 Å². The average molecular weight is 413 g/mol. The van der Waals surface area contributed by atoms with Gasteiger partial charge in [0.1, 0.15) is 34.7 Å². The maximum atomic E-state index is 14.5. The van der Waals surface area contributed by atoms with Gasteiger partial charge in [0, 0.05) is 42.2 Å². The van der Waals surface area contributed by atoms with Gasteiger partial charge in [-0.3, -0.25) is 5.10 Å². The summed E-state index contributed by atoms with van der Waals surface area (Å²) >= 11 is 0. The number of nitrogens with one attached hydrogen (secondary N) is 2. The van der Waals surface area contributed by atoms with Gasteiger partial charge in [-0.05, 0) is 25.1 Å². The molecule has 0 aliphatic carbocycles. The predicted molar refractivity (Wildman–Crippen MR) is 108 cm³/mol. The molecule has 0 amide bonds. The molecule has 9 heteroatoms. The second kappa shape index (κ2) is 7.17. The summed E-state index contributed by atoms with van der Waals surface area (Å²) in [6.07, 6.45) is 0. The number of hydrogen-bond acceptors (Lipinski definition) is 5. The molecular formula is C21H18F3N5O. The van der Waals surface area contributed by atoms with E-state index in [2.05, 4.69) is 25.4 Å². The Kier molecular flexibility index (Phi) is 4.47. The lowest BCUT2D eigenvalue weighted by molar-refractivity contribution is 0.122. The molecule has 154 valence electrons. The van der Waals surface area contributed by atoms with Gasteiger partial charge < -0.3 is 15.0 Å². The highest BCUT2D eigenvalue weighted by atomic mass is 19.1. The Morgan fingerprint density at radius 3 is 2.50 bits per heavy atom. The van der Waals surface area contributed by atoms with E-state index in [4.69, 9.17) is 4.74 Å². The number of ether oxygens (including phenoxy) is 1. The Labute approximate surface area is 170 Å². The summed E-state index contributed by atoms with van der Waals surface area (Å²) in [7, 11) is 0. The van der Waals surface area contributed by atoms with Gasteiger partial charge in [-0.2, -0.15) is 5.10 Å². The van der Waals surface area contributed by atoms with E-state index >= 15 is 0 Å². The molecule has 0 atom stereocenters. The summed E-state index contributed by atoms with van der Waals surface area (Å²) in [5.74, 6) is -3.10. The highest BCUT2D eigenvalue weighted by molar-refractivity contribution is 6.13. The number of benzene rings is 2. The third kappa shape index (κ3) is 3.11. The van der Waals surface area contributed by atoms with Gasteiger partial charge in [-0.25, -0.2) is 18.2 Å². The molecule has 0 spiro atoms. The van der Waals surface area contributed by atoms with Crippen molar-refractivity contribution in [1.82, 2.24) is 10.2 Å². The molecule has 2 aromatic carbocycles. The minimum absolute atomic E-state index is 0.0476. The first kappa shape index (κ1) is 18.7. The van der Waals surface area contributed by atoms with Crippen LogP contribution in [0.4, 0.5) is 30.2 Å². The van der Waals surface area contributed by atoms with Crippen molar-refractivity contribution in [3.8, 4) is 11.3 Å². The minimum atomic E-state index is -1.03. The smallest absolute Gasteiger partial charge is 0.144 e. The van der Waals surface area contributed by atoms with Crippen LogP contribution >= 0.6 is 0 Å². The van der Waals surface area contributed by atoms with Crippen molar-refractivity contribution in [3.63, 3.8) is 0 Å². The number of morpholine rings is 1. The zero-order valence-corrected chi connectivity index (χ0v) is 16.1. The van der Waals surface area contributed by atoms with Crippen LogP contribution in [-0.4, -0.2) is 42.3 Å². The molecule has 5 rings (SSSR count). The summed E-state index contributed by atoms with van der Waals surface area (Å²) in [5.41, 5.74) is 3.61. The molecule has 6 nitrogen and oxygen atoms in total. The van der Waals surface area contributed by atoms with E-state index in [1.54, 1.807) is 6.92 Å². The molecule has 2 aliphatic heterocycles. The van der Waals surface area contributed by atoms with Crippen molar-refractivity contribution < 1.29 is 17.9 Å². The van der Waals surface area contributed by atoms with Crippen LogP contribution in [0.5, 0.6) is 0 Å². The molecule has 0 saturated carbocycles. The summed E-state index contributed by atoms with van der Waals surface area (Å²) in [6.45, 7) is 4.62. The lowest BCUT2D eigenvalue weighted by Crippen LogP contribution is -2.36. The normalized spacial score (nSPS) is 15.7. The minimum Gasteiger partial charge on any atom is -0.378 e. The lowest BCUT2D eigenvalue weighted by Gasteiger charge is -2.29. The number of H-pyrrole nitrogens is 1. The largest absolute Gasteiger partial charge is 0.378 e. The maximum absolute atomic E-state index is 14.5. The van der Waals surface area contributed by atoms with Crippen molar-refractivity contribution >= 4 is 22.9 Å². The Hall–Kier alpha value is -3.33. The number of halogens is 3. The third-order valence-electron chi connectivity index (χ3n) is 5.27. The molecule has 0 bridgehead atoms. The number of hydrogen-bond donors (Lipinski definition) is 2. The second-order valence-corrected chi connectivity index (χ2v) is 7.20. The quantitative estimate of drug-likeness (QED) is 0.663. The molecule has 3 heterocycles. The van der Waals surface area contributed by atoms with Crippen molar-refractivity contribution in [2.24, 2.45) is 4.99 Å². The highest BCUT2D eigenvalue weighted by Crippen LogP contribution is 2.41. The van der Waals surface area contributed by atoms with E-state index in [0.717, 1.165) is 24.3 Å². The number of aryl methyl sites for hydroxylation is 1. The molecule has 1 saturated heterocycles. The van der Waals surface area contributed by atoms with Crippen LogP contribution in [0, 0.1) is 24.4 Å². The summed E-state index contributed by atoms with van der Waals surface area (Å²) in [4.78, 5) is 6.66. The van der Waals surface area contributed by atoms with Crippen LogP contribution in [0.2, 0.25) is 0 Å². The van der Waals surface area contributed by atoms with Gasteiger partial charge in [0.2, 0.25) is 0 Å². The number of anilines is 2. The van der Waals surface area contributed by atoms with E-state index in [1.807, 2.05) is 18.2 Å². The molecule has 1 fully saturated rings. The number of aromatic amines is 1. The molecule has 3 aromatic rings. The number of nitrogens with zero attached hydrogens (tertiary/aromatic N) is 3. The fraction of sp³-hybridized carbons (Fsp3) is 0.238. The Morgan fingerprint density at radius 1 is 1.03 bits per heavy atom. The number of amidine groups is 1. The Balaban J connectivity index is 1.65. The van der Waals surface area contributed by atoms with E-state index < -0.39 is 23.0 Å². The summed E-state index contributed by atoms with van der Waals surface area (Å²) < 4.78 is 47.8. The van der Waals surface area contributed by atoms with Gasteiger partial charge in [-0.1, -0.05) is 0 Å². The first-order chi connectivity index (χ1) is 14.5. The predicted octanol–water partition coefficient (Wildman–Crippen LogP) is 4.14. The fourth-order valence-electron chi connectivity index (χ4n) is 3.76. The van der Waals surface area contributed by atoms with Crippen LogP contribution in [0.3, 0.4) is 0 Å². The van der Waals surface area contributed by atoms with E-state index in [0.29, 0.717) is 48.1 Å². The van der Waals surface area contributed by atoms with E-state index in [-0.39, 0.29) is 5.84 Å². The number of fused-ring (bicyclic) bond motifs is 3. The first-order valence-electron chi connectivity index (χ1n) is 9.54. The molecule has 2 aliphatic rings. The number of rotatable bonds is 2. The van der Waals surface area contributed by atoms with Crippen molar-refractivity contribution in [1.29, 1.82) is 0 Å². The summed E-state index contributed by atoms with van der Waals surface area (Å²) in [5, 5.41) is 10.3. The fourth-order valence-corrected chi connectivity index (χ4v) is 3.76. The second-order valence-electron chi connectivity index (χ2n) is 7.20. The standard InChI is InChI=1S/C21H18F3N5O/c1-11-19-20(28-27-11)14-10-13(29-4-6-30-7-5-29)2-3-17(14)25-21(26-19)18-15(23)8-12(22)9-16(18)24/h2-3,8-10H,4-7H2,1H3,(H,25,26)(H,27,28). The van der Waals surface area contributed by atoms with E-state index in [9.17, 15) is 13.2 Å². The number of aliphatic imine (C=N–C) groups is 1. The zero-order chi connectivity index (χ0) is 20.8. The topological polar surface area (TPSA) is 65.5 Å². The van der Waals surface area contributed by atoms with Crippen LogP contribution in [0.25, 0.3) is 11.3 Å². The molecular weight excluding hydrogens is 395 g/mol. The molecule has 0 radical (unpaired) electrons. The average Bonchev–Trinajstić information content (AvgIpc) is 2.99. The Morgan fingerprint density at radius 2 is 1.77 bits per heavy atom. The molecule has 30 heavy (non-hydrogen) atoms. The van der Waals surface area contributed by atoms with Gasteiger partial charge in [-0.15, -0.1) is 0 Å². The van der Waals surface area contributed by atoms with Gasteiger partial charge in [0.25, 0.3) is 0 Å². The zero-order valence-electron chi connectivity index (χ0n) is 16.1. The van der Waals surface area contributed by atoms with Crippen LogP contribution < -0.4 is 10.2 Å². The van der Waals surface area contributed by atoms with Crippen LogP contribution in [0.15, 0.2) is 35.3 Å². The van der Waals surface area contributed by atoms with Crippen molar-refractivity contribution in [2.45, 2.75) is 6.92 Å². The SMILES string of the molecule is Cc1[nH]nc2c1N=C(c1c(F)cc(F)cc1F)Nc1ccc(N3CCOCC3)cc1-2. The Bertz CT molecular complexity index is 1140. The molecule has 0 unspecified atom stereocenters. The molecule has 2 N–H and O–H groups in total. The first-order valence-corrected chi connectivity index (χ1v) is 9.54. The van der Waals surface area contributed by atoms with Crippen LogP contribution in [0.1, 0.15) is 11.3 Å². The monoisotopic (exact) mass is 413 g/mol. The van der Waals surface area contributed by atoms with Gasteiger partial charge >= 0.3 is 0 Å². The molecule has 1 aromatic heterocycles. The van der Waals surface area contributed by atoms with Crippen molar-refractivity contribution in [3.05, 3.63) is 59.0 Å².